The molecule has 2 heterocycles. The molecule has 1 aliphatic heterocycles. The predicted octanol–water partition coefficient (Wildman–Crippen LogP) is 4.47. The Hall–Kier alpha value is -1.41. The van der Waals surface area contributed by atoms with E-state index in [0.29, 0.717) is 36.0 Å². The van der Waals surface area contributed by atoms with Crippen LogP contribution in [0.25, 0.3) is 11.1 Å². The van der Waals surface area contributed by atoms with Gasteiger partial charge in [-0.3, -0.25) is 9.47 Å². The first kappa shape index (κ1) is 24.2. The number of likely N-dealkylation sites (tertiary alicyclic amines) is 1. The summed E-state index contributed by atoms with van der Waals surface area (Å²) in [5.74, 6) is -0.721. The monoisotopic (exact) mass is 456 g/mol. The third-order valence-corrected chi connectivity index (χ3v) is 7.14. The first-order valence-corrected chi connectivity index (χ1v) is 11.1. The highest BCUT2D eigenvalue weighted by Crippen LogP contribution is 2.38. The molecule has 0 N–H and O–H groups in total. The maximum atomic E-state index is 13.9. The van der Waals surface area contributed by atoms with E-state index in [0.717, 1.165) is 51.6 Å². The van der Waals surface area contributed by atoms with Crippen molar-refractivity contribution in [3.63, 3.8) is 0 Å². The number of aromatic nitrogens is 1. The summed E-state index contributed by atoms with van der Waals surface area (Å²) in [6.45, 7) is 7.31. The van der Waals surface area contributed by atoms with Crippen LogP contribution in [-0.2, 0) is 9.47 Å². The second-order valence-corrected chi connectivity index (χ2v) is 9.09. The maximum Gasteiger partial charge on any atom is 0.420 e. The van der Waals surface area contributed by atoms with Crippen LogP contribution in [0.15, 0.2) is 21.3 Å². The lowest BCUT2D eigenvalue weighted by molar-refractivity contribution is -0.0419. The van der Waals surface area contributed by atoms with Crippen molar-refractivity contribution >= 4 is 23.5 Å². The number of hydrogen-bond acceptors (Lipinski definition) is 5. The highest BCUT2D eigenvalue weighted by molar-refractivity contribution is 5.85. The SMILES string of the molecule is COCCOC1CCC(C)(N2CCC(n3c(=O)oc4cc(F)c(C)cc43)CC2)CC1.Cl. The lowest BCUT2D eigenvalue weighted by Gasteiger charge is -2.48. The summed E-state index contributed by atoms with van der Waals surface area (Å²) in [5.41, 5.74) is 1.77. The van der Waals surface area contributed by atoms with Gasteiger partial charge in [0.2, 0.25) is 0 Å². The normalized spacial score (nSPS) is 25.6. The van der Waals surface area contributed by atoms with Crippen molar-refractivity contribution in [1.29, 1.82) is 0 Å². The molecular weight excluding hydrogens is 423 g/mol. The number of piperidine rings is 1. The second kappa shape index (κ2) is 10.0. The minimum absolute atomic E-state index is 0. The number of oxazole rings is 1. The van der Waals surface area contributed by atoms with E-state index in [4.69, 9.17) is 13.9 Å². The minimum Gasteiger partial charge on any atom is -0.408 e. The maximum absolute atomic E-state index is 13.9. The van der Waals surface area contributed by atoms with E-state index in [-0.39, 0.29) is 35.6 Å². The third-order valence-electron chi connectivity index (χ3n) is 7.14. The fourth-order valence-corrected chi connectivity index (χ4v) is 5.16. The number of fused-ring (bicyclic) bond motifs is 1. The molecule has 6 nitrogen and oxygen atoms in total. The molecule has 2 aliphatic rings. The van der Waals surface area contributed by atoms with Gasteiger partial charge in [-0.15, -0.1) is 12.4 Å². The molecule has 1 aliphatic carbocycles. The van der Waals surface area contributed by atoms with Crippen LogP contribution in [0, 0.1) is 12.7 Å². The second-order valence-electron chi connectivity index (χ2n) is 9.09. The largest absolute Gasteiger partial charge is 0.420 e. The molecule has 1 saturated carbocycles. The van der Waals surface area contributed by atoms with E-state index in [2.05, 4.69) is 11.8 Å². The van der Waals surface area contributed by atoms with Gasteiger partial charge >= 0.3 is 5.76 Å². The van der Waals surface area contributed by atoms with Gasteiger partial charge in [-0.05, 0) is 64.0 Å². The molecule has 0 radical (unpaired) electrons. The Morgan fingerprint density at radius 2 is 1.84 bits per heavy atom. The molecule has 31 heavy (non-hydrogen) atoms. The van der Waals surface area contributed by atoms with Gasteiger partial charge in [-0.1, -0.05) is 0 Å². The smallest absolute Gasteiger partial charge is 0.408 e. The Kier molecular flexibility index (Phi) is 7.84. The molecule has 0 bridgehead atoms. The van der Waals surface area contributed by atoms with Crippen LogP contribution in [0.5, 0.6) is 0 Å². The van der Waals surface area contributed by atoms with Gasteiger partial charge in [-0.25, -0.2) is 9.18 Å². The van der Waals surface area contributed by atoms with E-state index in [1.54, 1.807) is 24.7 Å². The summed E-state index contributed by atoms with van der Waals surface area (Å²) >= 11 is 0. The van der Waals surface area contributed by atoms with Crippen LogP contribution in [0.3, 0.4) is 0 Å². The zero-order valence-electron chi connectivity index (χ0n) is 18.7. The fraction of sp³-hybridized carbons (Fsp3) is 0.696. The van der Waals surface area contributed by atoms with E-state index in [1.165, 1.54) is 6.07 Å². The third kappa shape index (κ3) is 5.00. The zero-order chi connectivity index (χ0) is 21.3. The van der Waals surface area contributed by atoms with Crippen molar-refractivity contribution in [2.45, 2.75) is 70.1 Å². The number of halogens is 2. The molecule has 2 fully saturated rings. The van der Waals surface area contributed by atoms with Gasteiger partial charge in [0.05, 0.1) is 24.8 Å². The van der Waals surface area contributed by atoms with Crippen LogP contribution in [0.2, 0.25) is 0 Å². The van der Waals surface area contributed by atoms with Crippen LogP contribution in [0.1, 0.15) is 57.1 Å². The molecule has 0 atom stereocenters. The summed E-state index contributed by atoms with van der Waals surface area (Å²) in [6.07, 6.45) is 6.55. The Bertz CT molecular complexity index is 928. The lowest BCUT2D eigenvalue weighted by Crippen LogP contribution is -2.53. The van der Waals surface area contributed by atoms with Crippen LogP contribution in [0.4, 0.5) is 4.39 Å². The molecule has 0 amide bonds. The topological polar surface area (TPSA) is 56.8 Å². The van der Waals surface area contributed by atoms with Crippen LogP contribution >= 0.6 is 12.4 Å². The quantitative estimate of drug-likeness (QED) is 0.600. The first-order chi connectivity index (χ1) is 14.4. The Balaban J connectivity index is 0.00000272. The predicted molar refractivity (Wildman–Crippen MR) is 121 cm³/mol. The number of methoxy groups -OCH3 is 1. The molecule has 1 saturated heterocycles. The van der Waals surface area contributed by atoms with Crippen molar-refractivity contribution in [2.75, 3.05) is 33.4 Å². The molecule has 1 aromatic heterocycles. The van der Waals surface area contributed by atoms with Crippen molar-refractivity contribution in [2.24, 2.45) is 0 Å². The van der Waals surface area contributed by atoms with E-state index in [9.17, 15) is 9.18 Å². The number of aryl methyl sites for hydroxylation is 1. The van der Waals surface area contributed by atoms with Gasteiger partial charge in [0, 0.05) is 37.8 Å². The standard InChI is InChI=1S/C23H33FN2O4.ClH/c1-16-14-20-21(15-19(16)24)30-22(27)26(20)17-6-10-25(11-7-17)23(2)8-4-18(5-9-23)29-13-12-28-3;/h14-15,17-18H,4-13H2,1-3H3;1H. The van der Waals surface area contributed by atoms with Gasteiger partial charge in [0.25, 0.3) is 0 Å². The van der Waals surface area contributed by atoms with Crippen molar-refractivity contribution in [1.82, 2.24) is 9.47 Å². The highest BCUT2D eigenvalue weighted by atomic mass is 35.5. The fourth-order valence-electron chi connectivity index (χ4n) is 5.16. The molecule has 0 spiro atoms. The molecule has 4 rings (SSSR count). The molecular formula is C23H34ClFN2O4. The van der Waals surface area contributed by atoms with E-state index < -0.39 is 0 Å². The Labute approximate surface area is 189 Å². The van der Waals surface area contributed by atoms with E-state index in [1.807, 2.05) is 0 Å². The van der Waals surface area contributed by atoms with Gasteiger partial charge < -0.3 is 13.9 Å². The van der Waals surface area contributed by atoms with E-state index >= 15 is 0 Å². The van der Waals surface area contributed by atoms with Gasteiger partial charge in [0.1, 0.15) is 5.82 Å². The number of benzene rings is 1. The summed E-state index contributed by atoms with van der Waals surface area (Å²) < 4.78 is 31.9. The van der Waals surface area contributed by atoms with Crippen LogP contribution < -0.4 is 5.76 Å². The summed E-state index contributed by atoms with van der Waals surface area (Å²) in [5, 5.41) is 0. The Morgan fingerprint density at radius 3 is 2.48 bits per heavy atom. The summed E-state index contributed by atoms with van der Waals surface area (Å²) in [6, 6.07) is 3.15. The first-order valence-electron chi connectivity index (χ1n) is 11.1. The van der Waals surface area contributed by atoms with Crippen molar-refractivity contribution < 1.29 is 18.3 Å². The minimum atomic E-state index is -0.381. The number of nitrogens with zero attached hydrogens (tertiary/aromatic N) is 2. The van der Waals surface area contributed by atoms with Crippen molar-refractivity contribution in [3.05, 3.63) is 34.1 Å². The average Bonchev–Trinajstić information content (AvgIpc) is 3.05. The average molecular weight is 457 g/mol. The molecule has 2 aromatic rings. The molecule has 0 unspecified atom stereocenters. The van der Waals surface area contributed by atoms with Crippen LogP contribution in [-0.4, -0.2) is 54.5 Å². The Morgan fingerprint density at radius 1 is 1.16 bits per heavy atom. The van der Waals surface area contributed by atoms with Gasteiger partial charge in [-0.2, -0.15) is 0 Å². The summed E-state index contributed by atoms with van der Waals surface area (Å²) in [7, 11) is 1.70. The number of rotatable bonds is 6. The highest BCUT2D eigenvalue weighted by Gasteiger charge is 2.38. The molecule has 1 aromatic carbocycles. The number of ether oxygens (including phenoxy) is 2. The number of hydrogen-bond donors (Lipinski definition) is 0. The molecule has 8 heteroatoms. The zero-order valence-corrected chi connectivity index (χ0v) is 19.5. The molecule has 174 valence electrons. The lowest BCUT2D eigenvalue weighted by atomic mass is 9.79. The van der Waals surface area contributed by atoms with Crippen molar-refractivity contribution in [3.8, 4) is 0 Å². The van der Waals surface area contributed by atoms with Gasteiger partial charge in [0.15, 0.2) is 5.58 Å². The summed E-state index contributed by atoms with van der Waals surface area (Å²) in [4.78, 5) is 15.1.